The van der Waals surface area contributed by atoms with Gasteiger partial charge in [-0.3, -0.25) is 4.90 Å². The molecule has 18 heavy (non-hydrogen) atoms. The first kappa shape index (κ1) is 12.2. The van der Waals surface area contributed by atoms with E-state index < -0.39 is 0 Å². The zero-order chi connectivity index (χ0) is 12.2. The monoisotopic (exact) mass is 246 g/mol. The lowest BCUT2D eigenvalue weighted by atomic mass is 9.94. The van der Waals surface area contributed by atoms with Gasteiger partial charge in [0, 0.05) is 26.2 Å². The zero-order valence-electron chi connectivity index (χ0n) is 11.0. The number of ether oxygens (including phenoxy) is 1. The van der Waals surface area contributed by atoms with Gasteiger partial charge in [-0.05, 0) is 36.1 Å². The van der Waals surface area contributed by atoms with Crippen molar-refractivity contribution in [2.24, 2.45) is 0 Å². The molecule has 3 rings (SSSR count). The Morgan fingerprint density at radius 1 is 1.22 bits per heavy atom. The average molecular weight is 246 g/mol. The molecule has 0 bridgehead atoms. The maximum absolute atomic E-state index is 5.39. The highest BCUT2D eigenvalue weighted by atomic mass is 16.5. The third-order valence-corrected chi connectivity index (χ3v) is 4.04. The van der Waals surface area contributed by atoms with Crippen molar-refractivity contribution < 1.29 is 4.74 Å². The first-order valence-electron chi connectivity index (χ1n) is 7.04. The molecule has 1 aromatic rings. The van der Waals surface area contributed by atoms with Crippen LogP contribution in [0.5, 0.6) is 0 Å². The van der Waals surface area contributed by atoms with Crippen LogP contribution in [0.4, 0.5) is 0 Å². The van der Waals surface area contributed by atoms with Crippen molar-refractivity contribution in [3.63, 3.8) is 0 Å². The molecule has 1 aromatic carbocycles. The Labute approximate surface area is 109 Å². The minimum absolute atomic E-state index is 0.897. The van der Waals surface area contributed by atoms with Crippen LogP contribution in [0.1, 0.15) is 16.7 Å². The van der Waals surface area contributed by atoms with E-state index in [9.17, 15) is 0 Å². The molecule has 1 saturated heterocycles. The van der Waals surface area contributed by atoms with Crippen molar-refractivity contribution in [2.75, 3.05) is 39.4 Å². The second kappa shape index (κ2) is 5.83. The van der Waals surface area contributed by atoms with E-state index in [0.29, 0.717) is 0 Å². The van der Waals surface area contributed by atoms with Gasteiger partial charge in [0.1, 0.15) is 0 Å². The number of benzene rings is 1. The van der Waals surface area contributed by atoms with Crippen LogP contribution in [-0.2, 0) is 24.1 Å². The van der Waals surface area contributed by atoms with E-state index in [0.717, 1.165) is 39.4 Å². The quantitative estimate of drug-likeness (QED) is 0.867. The number of nitrogens with one attached hydrogen (secondary N) is 1. The SMILES string of the molecule is c1cc2c(c(CCN3CCOCC3)c1)CNCC2. The van der Waals surface area contributed by atoms with E-state index in [-0.39, 0.29) is 0 Å². The van der Waals surface area contributed by atoms with Crippen LogP contribution in [-0.4, -0.2) is 44.3 Å². The molecule has 3 heteroatoms. The molecule has 0 radical (unpaired) electrons. The highest BCUT2D eigenvalue weighted by Gasteiger charge is 2.14. The van der Waals surface area contributed by atoms with Gasteiger partial charge < -0.3 is 10.1 Å². The van der Waals surface area contributed by atoms with Gasteiger partial charge in [-0.2, -0.15) is 0 Å². The fraction of sp³-hybridized carbons (Fsp3) is 0.600. The van der Waals surface area contributed by atoms with E-state index in [4.69, 9.17) is 4.74 Å². The molecular weight excluding hydrogens is 224 g/mol. The fourth-order valence-electron chi connectivity index (χ4n) is 2.92. The van der Waals surface area contributed by atoms with Crippen molar-refractivity contribution in [1.29, 1.82) is 0 Å². The summed E-state index contributed by atoms with van der Waals surface area (Å²) in [5, 5.41) is 3.49. The predicted molar refractivity (Wildman–Crippen MR) is 72.8 cm³/mol. The lowest BCUT2D eigenvalue weighted by Gasteiger charge is -2.27. The summed E-state index contributed by atoms with van der Waals surface area (Å²) in [7, 11) is 0. The summed E-state index contributed by atoms with van der Waals surface area (Å²) in [5.41, 5.74) is 4.64. The van der Waals surface area contributed by atoms with Gasteiger partial charge in [0.05, 0.1) is 13.2 Å². The van der Waals surface area contributed by atoms with E-state index in [1.165, 1.54) is 24.9 Å². The summed E-state index contributed by atoms with van der Waals surface area (Å²) in [6, 6.07) is 6.81. The summed E-state index contributed by atoms with van der Waals surface area (Å²) >= 11 is 0. The lowest BCUT2D eigenvalue weighted by molar-refractivity contribution is 0.0384. The summed E-state index contributed by atoms with van der Waals surface area (Å²) < 4.78 is 5.39. The molecule has 0 saturated carbocycles. The summed E-state index contributed by atoms with van der Waals surface area (Å²) in [4.78, 5) is 2.51. The number of hydrogen-bond donors (Lipinski definition) is 1. The van der Waals surface area contributed by atoms with Gasteiger partial charge in [-0.15, -0.1) is 0 Å². The second-order valence-electron chi connectivity index (χ2n) is 5.19. The lowest BCUT2D eigenvalue weighted by Crippen LogP contribution is -2.37. The molecule has 1 fully saturated rings. The standard InChI is InChI=1S/C15H22N2O/c1-2-13-4-6-16-12-15(13)14(3-1)5-7-17-8-10-18-11-9-17/h1-3,16H,4-12H2. The summed E-state index contributed by atoms with van der Waals surface area (Å²) in [6.45, 7) is 7.32. The Morgan fingerprint density at radius 3 is 3.00 bits per heavy atom. The van der Waals surface area contributed by atoms with Gasteiger partial charge in [0.25, 0.3) is 0 Å². The molecule has 0 spiro atoms. The maximum Gasteiger partial charge on any atom is 0.0594 e. The van der Waals surface area contributed by atoms with Crippen molar-refractivity contribution in [2.45, 2.75) is 19.4 Å². The molecule has 2 aliphatic heterocycles. The molecule has 2 aliphatic rings. The Kier molecular flexibility index (Phi) is 3.93. The van der Waals surface area contributed by atoms with Crippen molar-refractivity contribution >= 4 is 0 Å². The largest absolute Gasteiger partial charge is 0.379 e. The number of fused-ring (bicyclic) bond motifs is 1. The van der Waals surface area contributed by atoms with E-state index in [1.807, 2.05) is 0 Å². The van der Waals surface area contributed by atoms with Gasteiger partial charge in [0.15, 0.2) is 0 Å². The third-order valence-electron chi connectivity index (χ3n) is 4.04. The first-order valence-corrected chi connectivity index (χ1v) is 7.04. The molecule has 0 aromatic heterocycles. The minimum Gasteiger partial charge on any atom is -0.379 e. The van der Waals surface area contributed by atoms with Gasteiger partial charge in [0.2, 0.25) is 0 Å². The topological polar surface area (TPSA) is 24.5 Å². The Hall–Kier alpha value is -0.900. The van der Waals surface area contributed by atoms with Gasteiger partial charge in [-0.25, -0.2) is 0 Å². The van der Waals surface area contributed by atoms with Crippen LogP contribution in [0.25, 0.3) is 0 Å². The Balaban J connectivity index is 1.65. The molecule has 0 unspecified atom stereocenters. The molecule has 0 atom stereocenters. The number of rotatable bonds is 3. The number of morpholine rings is 1. The normalized spacial score (nSPS) is 20.7. The molecule has 1 N–H and O–H groups in total. The van der Waals surface area contributed by atoms with Crippen LogP contribution in [0.3, 0.4) is 0 Å². The van der Waals surface area contributed by atoms with Crippen LogP contribution >= 0.6 is 0 Å². The van der Waals surface area contributed by atoms with Crippen LogP contribution < -0.4 is 5.32 Å². The molecule has 2 heterocycles. The highest BCUT2D eigenvalue weighted by molar-refractivity contribution is 5.37. The van der Waals surface area contributed by atoms with Crippen molar-refractivity contribution in [3.05, 3.63) is 34.9 Å². The molecule has 98 valence electrons. The Bertz CT molecular complexity index is 399. The smallest absolute Gasteiger partial charge is 0.0594 e. The van der Waals surface area contributed by atoms with E-state index in [2.05, 4.69) is 28.4 Å². The van der Waals surface area contributed by atoms with Gasteiger partial charge in [-0.1, -0.05) is 18.2 Å². The average Bonchev–Trinajstić information content (AvgIpc) is 2.46. The maximum atomic E-state index is 5.39. The van der Waals surface area contributed by atoms with E-state index >= 15 is 0 Å². The second-order valence-corrected chi connectivity index (χ2v) is 5.19. The minimum atomic E-state index is 0.897. The number of hydrogen-bond acceptors (Lipinski definition) is 3. The van der Waals surface area contributed by atoms with Gasteiger partial charge >= 0.3 is 0 Å². The summed E-state index contributed by atoms with van der Waals surface area (Å²) in [5.74, 6) is 0. The Morgan fingerprint density at radius 2 is 2.11 bits per heavy atom. The van der Waals surface area contributed by atoms with Crippen molar-refractivity contribution in [3.8, 4) is 0 Å². The molecular formula is C15H22N2O. The first-order chi connectivity index (χ1) is 8.93. The highest BCUT2D eigenvalue weighted by Crippen LogP contribution is 2.19. The van der Waals surface area contributed by atoms with Crippen LogP contribution in [0.15, 0.2) is 18.2 Å². The fourth-order valence-corrected chi connectivity index (χ4v) is 2.92. The van der Waals surface area contributed by atoms with Crippen LogP contribution in [0.2, 0.25) is 0 Å². The molecule has 3 nitrogen and oxygen atoms in total. The van der Waals surface area contributed by atoms with E-state index in [1.54, 1.807) is 11.1 Å². The zero-order valence-corrected chi connectivity index (χ0v) is 11.0. The molecule has 0 amide bonds. The predicted octanol–water partition coefficient (Wildman–Crippen LogP) is 1.21. The summed E-state index contributed by atoms with van der Waals surface area (Å²) in [6.07, 6.45) is 2.35. The molecule has 0 aliphatic carbocycles. The van der Waals surface area contributed by atoms with Crippen molar-refractivity contribution in [1.82, 2.24) is 10.2 Å². The van der Waals surface area contributed by atoms with Crippen LogP contribution in [0, 0.1) is 0 Å². The third kappa shape index (κ3) is 2.74. The number of nitrogens with zero attached hydrogens (tertiary/aromatic N) is 1.